The Morgan fingerprint density at radius 1 is 0.933 bits per heavy atom. The normalized spacial score (nSPS) is 14.5. The molecule has 1 aromatic heterocycles. The van der Waals surface area contributed by atoms with Crippen LogP contribution in [0.25, 0.3) is 10.9 Å². The highest BCUT2D eigenvalue weighted by Gasteiger charge is 2.17. The molecule has 154 valence electrons. The molecule has 7 heteroatoms. The molecule has 2 amide bonds. The predicted octanol–water partition coefficient (Wildman–Crippen LogP) is 3.83. The van der Waals surface area contributed by atoms with Gasteiger partial charge in [-0.1, -0.05) is 12.1 Å². The van der Waals surface area contributed by atoms with Gasteiger partial charge < -0.3 is 20.4 Å². The molecular formula is C23H25N5O2. The largest absolute Gasteiger partial charge is 0.368 e. The molecular weight excluding hydrogens is 378 g/mol. The van der Waals surface area contributed by atoms with Gasteiger partial charge in [-0.25, -0.2) is 4.79 Å². The van der Waals surface area contributed by atoms with Crippen molar-refractivity contribution in [2.45, 2.75) is 6.92 Å². The Morgan fingerprint density at radius 2 is 1.67 bits per heavy atom. The van der Waals surface area contributed by atoms with E-state index in [1.165, 1.54) is 6.92 Å². The number of likely N-dealkylation sites (N-methyl/N-ethyl adjacent to an activating group) is 1. The summed E-state index contributed by atoms with van der Waals surface area (Å²) < 4.78 is 0. The number of carbonyl (C=O) groups is 2. The molecule has 0 atom stereocenters. The zero-order chi connectivity index (χ0) is 21.1. The molecule has 3 aromatic rings. The highest BCUT2D eigenvalue weighted by Crippen LogP contribution is 2.28. The van der Waals surface area contributed by atoms with Crippen LogP contribution in [-0.4, -0.2) is 54.9 Å². The second kappa shape index (κ2) is 8.51. The van der Waals surface area contributed by atoms with Gasteiger partial charge in [-0.3, -0.25) is 9.78 Å². The Hall–Kier alpha value is -3.45. The second-order valence-corrected chi connectivity index (χ2v) is 7.57. The third kappa shape index (κ3) is 4.41. The summed E-state index contributed by atoms with van der Waals surface area (Å²) in [7, 11) is 2.13. The first-order valence-corrected chi connectivity index (χ1v) is 10.0. The van der Waals surface area contributed by atoms with Crippen molar-refractivity contribution in [3.63, 3.8) is 0 Å². The van der Waals surface area contributed by atoms with Crippen LogP contribution in [0.4, 0.5) is 21.9 Å². The van der Waals surface area contributed by atoms with Gasteiger partial charge in [0.15, 0.2) is 5.78 Å². The molecule has 0 unspecified atom stereocenters. The van der Waals surface area contributed by atoms with Gasteiger partial charge in [0.1, 0.15) is 0 Å². The summed E-state index contributed by atoms with van der Waals surface area (Å²) in [6, 6.07) is 14.3. The highest BCUT2D eigenvalue weighted by molar-refractivity contribution is 6.03. The number of aromatic nitrogens is 1. The van der Waals surface area contributed by atoms with Gasteiger partial charge in [0.25, 0.3) is 0 Å². The number of fused-ring (bicyclic) bond motifs is 1. The summed E-state index contributed by atoms with van der Waals surface area (Å²) in [5.41, 5.74) is 3.84. The van der Waals surface area contributed by atoms with Crippen molar-refractivity contribution >= 4 is 39.8 Å². The van der Waals surface area contributed by atoms with Crippen molar-refractivity contribution in [3.05, 3.63) is 60.3 Å². The van der Waals surface area contributed by atoms with Crippen molar-refractivity contribution in [1.82, 2.24) is 9.88 Å². The number of ketones is 1. The Bertz CT molecular complexity index is 1090. The van der Waals surface area contributed by atoms with Gasteiger partial charge >= 0.3 is 6.03 Å². The topological polar surface area (TPSA) is 77.6 Å². The minimum Gasteiger partial charge on any atom is -0.368 e. The van der Waals surface area contributed by atoms with E-state index >= 15 is 0 Å². The molecule has 0 aliphatic carbocycles. The van der Waals surface area contributed by atoms with Crippen LogP contribution in [0.3, 0.4) is 0 Å². The van der Waals surface area contributed by atoms with Crippen molar-refractivity contribution in [2.24, 2.45) is 0 Å². The summed E-state index contributed by atoms with van der Waals surface area (Å²) in [5.74, 6) is -0.0440. The molecule has 0 spiro atoms. The van der Waals surface area contributed by atoms with Crippen LogP contribution in [0.5, 0.6) is 0 Å². The van der Waals surface area contributed by atoms with E-state index in [2.05, 4.69) is 32.5 Å². The van der Waals surface area contributed by atoms with Crippen LogP contribution in [0, 0.1) is 0 Å². The smallest absolute Gasteiger partial charge is 0.323 e. The molecule has 4 rings (SSSR count). The fraction of sp³-hybridized carbons (Fsp3) is 0.261. The molecule has 2 heterocycles. The molecule has 0 radical (unpaired) electrons. The number of benzene rings is 2. The summed E-state index contributed by atoms with van der Waals surface area (Å²) in [6.07, 6.45) is 1.83. The van der Waals surface area contributed by atoms with Gasteiger partial charge in [0, 0.05) is 60.4 Å². The van der Waals surface area contributed by atoms with Crippen LogP contribution in [0.1, 0.15) is 17.3 Å². The highest BCUT2D eigenvalue weighted by atomic mass is 16.2. The van der Waals surface area contributed by atoms with E-state index in [1.54, 1.807) is 24.3 Å². The van der Waals surface area contributed by atoms with Crippen LogP contribution < -0.4 is 15.5 Å². The fourth-order valence-corrected chi connectivity index (χ4v) is 3.64. The van der Waals surface area contributed by atoms with Gasteiger partial charge in [-0.15, -0.1) is 0 Å². The van der Waals surface area contributed by atoms with E-state index in [9.17, 15) is 9.59 Å². The average Bonchev–Trinajstić information content (AvgIpc) is 2.74. The van der Waals surface area contributed by atoms with Crippen molar-refractivity contribution in [3.8, 4) is 0 Å². The average molecular weight is 403 g/mol. The SMILES string of the molecule is CC(=O)c1cccc(NC(=O)Nc2ccc3nccc(N4CCN(C)CC4)c3c2)c1. The Labute approximate surface area is 175 Å². The molecule has 2 aromatic carbocycles. The van der Waals surface area contributed by atoms with E-state index in [0.717, 1.165) is 42.8 Å². The maximum absolute atomic E-state index is 12.5. The Balaban J connectivity index is 1.53. The Morgan fingerprint density at radius 3 is 2.40 bits per heavy atom. The molecule has 1 aliphatic rings. The lowest BCUT2D eigenvalue weighted by atomic mass is 10.1. The van der Waals surface area contributed by atoms with E-state index < -0.39 is 0 Å². The first-order chi connectivity index (χ1) is 14.5. The van der Waals surface area contributed by atoms with Crippen molar-refractivity contribution in [1.29, 1.82) is 0 Å². The molecule has 1 fully saturated rings. The third-order valence-corrected chi connectivity index (χ3v) is 5.35. The second-order valence-electron chi connectivity index (χ2n) is 7.57. The standard InChI is InChI=1S/C23H25N5O2/c1-16(29)17-4-3-5-18(14-17)25-23(30)26-19-6-7-21-20(15-19)22(8-9-24-21)28-12-10-27(2)11-13-28/h3-9,14-15H,10-13H2,1-2H3,(H2,25,26,30). The lowest BCUT2D eigenvalue weighted by Gasteiger charge is -2.34. The number of piperazine rings is 1. The predicted molar refractivity (Wildman–Crippen MR) is 121 cm³/mol. The number of carbonyl (C=O) groups excluding carboxylic acids is 2. The Kier molecular flexibility index (Phi) is 5.63. The maximum Gasteiger partial charge on any atom is 0.323 e. The number of pyridine rings is 1. The number of hydrogen-bond donors (Lipinski definition) is 2. The van der Waals surface area contributed by atoms with E-state index in [-0.39, 0.29) is 11.8 Å². The van der Waals surface area contributed by atoms with Crippen molar-refractivity contribution < 1.29 is 9.59 Å². The number of amides is 2. The zero-order valence-electron chi connectivity index (χ0n) is 17.2. The number of Topliss-reactive ketones (excluding diaryl/α,β-unsaturated/α-hetero) is 1. The van der Waals surface area contributed by atoms with Crippen LogP contribution in [0.2, 0.25) is 0 Å². The number of rotatable bonds is 4. The van der Waals surface area contributed by atoms with Crippen LogP contribution >= 0.6 is 0 Å². The quantitative estimate of drug-likeness (QED) is 0.648. The first kappa shape index (κ1) is 19.8. The minimum atomic E-state index is -0.361. The van der Waals surface area contributed by atoms with E-state index in [4.69, 9.17) is 0 Å². The molecule has 1 saturated heterocycles. The van der Waals surface area contributed by atoms with Gasteiger partial charge in [-0.2, -0.15) is 0 Å². The first-order valence-electron chi connectivity index (χ1n) is 10.0. The van der Waals surface area contributed by atoms with Crippen molar-refractivity contribution in [2.75, 3.05) is 48.8 Å². The van der Waals surface area contributed by atoms with Crippen LogP contribution in [-0.2, 0) is 0 Å². The third-order valence-electron chi connectivity index (χ3n) is 5.35. The van der Waals surface area contributed by atoms with Gasteiger partial charge in [-0.05, 0) is 50.4 Å². The molecule has 0 saturated carbocycles. The lowest BCUT2D eigenvalue weighted by Crippen LogP contribution is -2.44. The molecule has 2 N–H and O–H groups in total. The summed E-state index contributed by atoms with van der Waals surface area (Å²) >= 11 is 0. The molecule has 7 nitrogen and oxygen atoms in total. The maximum atomic E-state index is 12.5. The van der Waals surface area contributed by atoms with Gasteiger partial charge in [0.05, 0.1) is 5.52 Å². The van der Waals surface area contributed by atoms with E-state index in [0.29, 0.717) is 16.9 Å². The monoisotopic (exact) mass is 403 g/mol. The lowest BCUT2D eigenvalue weighted by molar-refractivity contribution is 0.101. The fourth-order valence-electron chi connectivity index (χ4n) is 3.64. The minimum absolute atomic E-state index is 0.0440. The number of nitrogens with one attached hydrogen (secondary N) is 2. The number of hydrogen-bond acceptors (Lipinski definition) is 5. The summed E-state index contributed by atoms with van der Waals surface area (Å²) in [5, 5.41) is 6.67. The summed E-state index contributed by atoms with van der Waals surface area (Å²) in [4.78, 5) is 33.2. The zero-order valence-corrected chi connectivity index (χ0v) is 17.2. The molecule has 30 heavy (non-hydrogen) atoms. The van der Waals surface area contributed by atoms with Gasteiger partial charge in [0.2, 0.25) is 0 Å². The number of nitrogens with zero attached hydrogens (tertiary/aromatic N) is 3. The molecule has 1 aliphatic heterocycles. The van der Waals surface area contributed by atoms with Crippen LogP contribution in [0.15, 0.2) is 54.7 Å². The summed E-state index contributed by atoms with van der Waals surface area (Å²) in [6.45, 7) is 5.45. The number of anilines is 3. The van der Waals surface area contributed by atoms with E-state index in [1.807, 2.05) is 30.5 Å². The number of urea groups is 1. The molecule has 0 bridgehead atoms.